The number of aromatic nitrogens is 1. The largest absolute Gasteiger partial charge is 0.497 e. The highest BCUT2D eigenvalue weighted by Gasteiger charge is 2.54. The molecule has 1 aromatic carbocycles. The van der Waals surface area contributed by atoms with Gasteiger partial charge in [-0.05, 0) is 23.3 Å². The van der Waals surface area contributed by atoms with Crippen molar-refractivity contribution in [3.8, 4) is 5.75 Å². The third-order valence-corrected chi connectivity index (χ3v) is 7.55. The predicted molar refractivity (Wildman–Crippen MR) is 137 cm³/mol. The molecule has 3 N–H and O–H groups in total. The normalized spacial score (nSPS) is 19.2. The summed E-state index contributed by atoms with van der Waals surface area (Å²) in [6, 6.07) is 6.21. The van der Waals surface area contributed by atoms with Gasteiger partial charge in [0.05, 0.1) is 13.7 Å². The number of amides is 2. The van der Waals surface area contributed by atoms with Crippen LogP contribution in [0.1, 0.15) is 11.3 Å². The highest BCUT2D eigenvalue weighted by molar-refractivity contribution is 8.00. The van der Waals surface area contributed by atoms with Crippen molar-refractivity contribution in [2.24, 2.45) is 5.16 Å². The molecule has 0 bridgehead atoms. The zero-order chi connectivity index (χ0) is 26.5. The SMILES string of the molecule is COCC1=C(C(=O)OCc2ccc(OC)cc2)N2C(=O)C(NC(=O)C(=NOC)c3csc(N)n3)[C@@H]2SC1. The Morgan fingerprint density at radius 3 is 2.59 bits per heavy atom. The van der Waals surface area contributed by atoms with Gasteiger partial charge in [-0.2, -0.15) is 0 Å². The Balaban J connectivity index is 1.48. The van der Waals surface area contributed by atoms with Crippen molar-refractivity contribution >= 4 is 51.7 Å². The molecule has 196 valence electrons. The van der Waals surface area contributed by atoms with Crippen molar-refractivity contribution in [1.29, 1.82) is 0 Å². The van der Waals surface area contributed by atoms with Gasteiger partial charge in [-0.1, -0.05) is 17.3 Å². The minimum Gasteiger partial charge on any atom is -0.497 e. The molecule has 0 saturated carbocycles. The molecule has 1 aromatic heterocycles. The molecule has 2 amide bonds. The van der Waals surface area contributed by atoms with Gasteiger partial charge < -0.3 is 30.1 Å². The van der Waals surface area contributed by atoms with Crippen molar-refractivity contribution in [3.63, 3.8) is 0 Å². The van der Waals surface area contributed by atoms with Gasteiger partial charge >= 0.3 is 5.97 Å². The van der Waals surface area contributed by atoms with Gasteiger partial charge in [-0.25, -0.2) is 9.78 Å². The number of thioether (sulfide) groups is 1. The van der Waals surface area contributed by atoms with Crippen molar-refractivity contribution in [1.82, 2.24) is 15.2 Å². The van der Waals surface area contributed by atoms with Crippen LogP contribution in [-0.4, -0.2) is 78.5 Å². The number of carbonyl (C=O) groups excluding carboxylic acids is 3. The smallest absolute Gasteiger partial charge is 0.355 e. The molecular weight excluding hydrogens is 522 g/mol. The van der Waals surface area contributed by atoms with Crippen molar-refractivity contribution in [2.75, 3.05) is 39.4 Å². The molecule has 14 heteroatoms. The van der Waals surface area contributed by atoms with E-state index in [1.165, 1.54) is 30.9 Å². The summed E-state index contributed by atoms with van der Waals surface area (Å²) in [5, 5.41) is 7.73. The highest BCUT2D eigenvalue weighted by atomic mass is 32.2. The Kier molecular flexibility index (Phi) is 8.31. The lowest BCUT2D eigenvalue weighted by atomic mass is 10.0. The maximum Gasteiger partial charge on any atom is 0.355 e. The van der Waals surface area contributed by atoms with E-state index in [2.05, 4.69) is 15.5 Å². The number of esters is 1. The number of nitrogens with zero attached hydrogens (tertiary/aromatic N) is 3. The molecule has 12 nitrogen and oxygen atoms in total. The summed E-state index contributed by atoms with van der Waals surface area (Å²) in [4.78, 5) is 49.4. The maximum absolute atomic E-state index is 13.2. The van der Waals surface area contributed by atoms with E-state index < -0.39 is 29.2 Å². The van der Waals surface area contributed by atoms with Crippen LogP contribution in [-0.2, 0) is 35.3 Å². The fourth-order valence-electron chi connectivity index (χ4n) is 3.80. The van der Waals surface area contributed by atoms with Crippen LogP contribution >= 0.6 is 23.1 Å². The minimum absolute atomic E-state index is 0.0141. The number of thiazole rings is 1. The molecule has 1 unspecified atom stereocenters. The van der Waals surface area contributed by atoms with Crippen LogP contribution in [0, 0.1) is 0 Å². The summed E-state index contributed by atoms with van der Waals surface area (Å²) in [7, 11) is 4.37. The van der Waals surface area contributed by atoms with Crippen LogP contribution in [0.4, 0.5) is 5.13 Å². The van der Waals surface area contributed by atoms with Crippen molar-refractivity contribution < 1.29 is 33.4 Å². The number of nitrogen functional groups attached to an aromatic ring is 1. The first-order valence-corrected chi connectivity index (χ1v) is 12.9. The highest BCUT2D eigenvalue weighted by Crippen LogP contribution is 2.40. The van der Waals surface area contributed by atoms with E-state index in [1.54, 1.807) is 36.8 Å². The second kappa shape index (κ2) is 11.6. The molecule has 1 fully saturated rings. The molecule has 1 saturated heterocycles. The Morgan fingerprint density at radius 1 is 1.22 bits per heavy atom. The monoisotopic (exact) mass is 547 g/mol. The van der Waals surface area contributed by atoms with E-state index in [-0.39, 0.29) is 35.4 Å². The summed E-state index contributed by atoms with van der Waals surface area (Å²) in [6.45, 7) is 0.170. The number of β-lactam (4-membered cyclic amide) rings is 1. The van der Waals surface area contributed by atoms with Crippen LogP contribution in [0.15, 0.2) is 46.1 Å². The molecule has 2 aromatic rings. The zero-order valence-corrected chi connectivity index (χ0v) is 21.9. The molecule has 0 spiro atoms. The summed E-state index contributed by atoms with van der Waals surface area (Å²) in [5.41, 5.74) is 7.30. The quantitative estimate of drug-likeness (QED) is 0.191. The fraction of sp³-hybridized carbons (Fsp3) is 0.348. The molecule has 37 heavy (non-hydrogen) atoms. The summed E-state index contributed by atoms with van der Waals surface area (Å²) >= 11 is 2.55. The number of oxime groups is 1. The van der Waals surface area contributed by atoms with Crippen LogP contribution in [0.3, 0.4) is 0 Å². The first-order valence-electron chi connectivity index (χ1n) is 11.0. The molecule has 0 radical (unpaired) electrons. The average molecular weight is 548 g/mol. The van der Waals surface area contributed by atoms with Crippen LogP contribution in [0.2, 0.25) is 0 Å². The molecular formula is C23H25N5O7S2. The number of nitrogens with one attached hydrogen (secondary N) is 1. The number of methoxy groups -OCH3 is 2. The molecule has 2 aliphatic rings. The van der Waals surface area contributed by atoms with E-state index in [4.69, 9.17) is 24.8 Å². The van der Waals surface area contributed by atoms with E-state index in [0.717, 1.165) is 16.9 Å². The fourth-order valence-corrected chi connectivity index (χ4v) is 5.67. The molecule has 2 atom stereocenters. The standard InChI is InChI=1S/C23H25N5O7S2/c1-32-9-13-10-36-21-17(26-19(29)16(27-34-3)15-11-37-23(24)25-15)20(30)28(21)18(13)22(31)35-8-12-4-6-14(33-2)7-5-12/h4-7,11,17,21H,8-10H2,1-3H3,(H2,24,25)(H,26,29)/t17?,21-/m0/s1. The first-order chi connectivity index (χ1) is 17.9. The Labute approximate surface area is 220 Å². The number of fused-ring (bicyclic) bond motifs is 1. The van der Waals surface area contributed by atoms with Gasteiger partial charge in [0.2, 0.25) is 0 Å². The lowest BCUT2D eigenvalue weighted by Gasteiger charge is -2.49. The van der Waals surface area contributed by atoms with E-state index in [1.807, 2.05) is 0 Å². The van der Waals surface area contributed by atoms with Gasteiger partial charge in [0.1, 0.15) is 42.3 Å². The minimum atomic E-state index is -0.885. The van der Waals surface area contributed by atoms with Crippen LogP contribution < -0.4 is 15.8 Å². The van der Waals surface area contributed by atoms with E-state index in [0.29, 0.717) is 17.1 Å². The van der Waals surface area contributed by atoms with Crippen molar-refractivity contribution in [2.45, 2.75) is 18.0 Å². The zero-order valence-electron chi connectivity index (χ0n) is 20.3. The average Bonchev–Trinajstić information content (AvgIpc) is 3.34. The number of nitrogens with two attached hydrogens (primary N) is 1. The number of hydrogen-bond acceptors (Lipinski definition) is 12. The second-order valence-corrected chi connectivity index (χ2v) is 9.86. The molecule has 3 heterocycles. The van der Waals surface area contributed by atoms with Gasteiger partial charge in [-0.3, -0.25) is 14.5 Å². The Hall–Kier alpha value is -3.62. The maximum atomic E-state index is 13.2. The van der Waals surface area contributed by atoms with Gasteiger partial charge in [0, 0.05) is 18.2 Å². The molecule has 0 aliphatic carbocycles. The third kappa shape index (κ3) is 5.55. The number of hydrogen-bond donors (Lipinski definition) is 2. The molecule has 2 aliphatic heterocycles. The number of rotatable bonds is 10. The summed E-state index contributed by atoms with van der Waals surface area (Å²) < 4.78 is 15.9. The number of benzene rings is 1. The van der Waals surface area contributed by atoms with Gasteiger partial charge in [0.15, 0.2) is 10.8 Å². The summed E-state index contributed by atoms with van der Waals surface area (Å²) in [6.07, 6.45) is 0. The topological polar surface area (TPSA) is 155 Å². The summed E-state index contributed by atoms with van der Waals surface area (Å²) in [5.74, 6) is -0.649. The number of anilines is 1. The Morgan fingerprint density at radius 2 is 1.97 bits per heavy atom. The number of ether oxygens (including phenoxy) is 3. The third-order valence-electron chi connectivity index (χ3n) is 5.54. The van der Waals surface area contributed by atoms with Crippen LogP contribution in [0.5, 0.6) is 5.75 Å². The van der Waals surface area contributed by atoms with Gasteiger partial charge in [0.25, 0.3) is 11.8 Å². The Bertz CT molecular complexity index is 1240. The molecule has 4 rings (SSSR count). The number of carbonyl (C=O) groups is 3. The lowest BCUT2D eigenvalue weighted by Crippen LogP contribution is -2.71. The lowest BCUT2D eigenvalue weighted by molar-refractivity contribution is -0.153. The van der Waals surface area contributed by atoms with Gasteiger partial charge in [-0.15, -0.1) is 23.1 Å². The van der Waals surface area contributed by atoms with Crippen molar-refractivity contribution in [3.05, 3.63) is 52.2 Å². The van der Waals surface area contributed by atoms with E-state index in [9.17, 15) is 14.4 Å². The predicted octanol–water partition coefficient (Wildman–Crippen LogP) is 1.13. The second-order valence-electron chi connectivity index (χ2n) is 7.86. The van der Waals surface area contributed by atoms with E-state index >= 15 is 0 Å². The first kappa shape index (κ1) is 26.4. The van der Waals surface area contributed by atoms with Crippen LogP contribution in [0.25, 0.3) is 0 Å².